The number of hydrogen-bond donors (Lipinski definition) is 2. The number of nitrogens with one attached hydrogen (secondary N) is 2. The van der Waals surface area contributed by atoms with Crippen molar-refractivity contribution in [3.63, 3.8) is 0 Å². The van der Waals surface area contributed by atoms with E-state index in [9.17, 15) is 9.59 Å². The Labute approximate surface area is 177 Å². The molecule has 0 aliphatic rings. The number of aromatic amines is 1. The van der Waals surface area contributed by atoms with Crippen molar-refractivity contribution in [2.75, 3.05) is 5.32 Å². The highest BCUT2D eigenvalue weighted by atomic mass is 32.2. The van der Waals surface area contributed by atoms with E-state index >= 15 is 0 Å². The van der Waals surface area contributed by atoms with E-state index in [1.807, 2.05) is 36.4 Å². The molecule has 1 amide bonds. The van der Waals surface area contributed by atoms with Crippen molar-refractivity contribution in [1.82, 2.24) is 9.97 Å². The second-order valence-corrected chi connectivity index (χ2v) is 7.91. The van der Waals surface area contributed by atoms with E-state index in [2.05, 4.69) is 15.3 Å². The van der Waals surface area contributed by atoms with Gasteiger partial charge in [0.2, 0.25) is 5.91 Å². The predicted octanol–water partition coefficient (Wildman–Crippen LogP) is 4.83. The third kappa shape index (κ3) is 4.69. The van der Waals surface area contributed by atoms with Crippen LogP contribution in [0.2, 0.25) is 0 Å². The van der Waals surface area contributed by atoms with E-state index in [1.165, 1.54) is 11.8 Å². The average molecular weight is 417 g/mol. The van der Waals surface area contributed by atoms with E-state index in [0.29, 0.717) is 27.5 Å². The molecule has 0 bridgehead atoms. The van der Waals surface area contributed by atoms with Gasteiger partial charge >= 0.3 is 0 Å². The number of rotatable bonds is 6. The fourth-order valence-electron chi connectivity index (χ4n) is 2.82. The second-order valence-electron chi connectivity index (χ2n) is 6.58. The number of amides is 1. The molecule has 3 aromatic carbocycles. The van der Waals surface area contributed by atoms with Gasteiger partial charge in [0.25, 0.3) is 5.56 Å². The van der Waals surface area contributed by atoms with Crippen LogP contribution in [0, 0.1) is 0 Å². The van der Waals surface area contributed by atoms with Gasteiger partial charge in [-0.2, -0.15) is 0 Å². The van der Waals surface area contributed by atoms with Gasteiger partial charge in [0.1, 0.15) is 11.5 Å². The molecule has 2 N–H and O–H groups in total. The molecule has 1 unspecified atom stereocenters. The van der Waals surface area contributed by atoms with Gasteiger partial charge < -0.3 is 15.0 Å². The molecular weight excluding hydrogens is 398 g/mol. The van der Waals surface area contributed by atoms with Crippen LogP contribution in [0.15, 0.2) is 88.8 Å². The molecule has 0 radical (unpaired) electrons. The molecule has 150 valence electrons. The Hall–Kier alpha value is -3.58. The van der Waals surface area contributed by atoms with Crippen LogP contribution in [0.5, 0.6) is 11.5 Å². The Balaban J connectivity index is 1.39. The largest absolute Gasteiger partial charge is 0.457 e. The molecule has 1 aromatic heterocycles. The number of thioether (sulfide) groups is 1. The summed E-state index contributed by atoms with van der Waals surface area (Å²) in [5.74, 6) is 1.24. The first-order valence-corrected chi connectivity index (χ1v) is 10.3. The minimum atomic E-state index is -0.449. The molecule has 0 spiro atoms. The summed E-state index contributed by atoms with van der Waals surface area (Å²) in [5.41, 5.74) is 1.04. The van der Waals surface area contributed by atoms with Crippen LogP contribution in [-0.4, -0.2) is 21.1 Å². The fourth-order valence-corrected chi connectivity index (χ4v) is 3.62. The number of aromatic nitrogens is 2. The van der Waals surface area contributed by atoms with E-state index < -0.39 is 5.25 Å². The molecule has 1 heterocycles. The van der Waals surface area contributed by atoms with Crippen molar-refractivity contribution in [3.05, 3.63) is 89.2 Å². The number of para-hydroxylation sites is 2. The van der Waals surface area contributed by atoms with Gasteiger partial charge in [-0.05, 0) is 55.5 Å². The number of nitrogens with zero attached hydrogens (tertiary/aromatic N) is 1. The smallest absolute Gasteiger partial charge is 0.259 e. The molecule has 0 fully saturated rings. The lowest BCUT2D eigenvalue weighted by Crippen LogP contribution is -2.23. The summed E-state index contributed by atoms with van der Waals surface area (Å²) in [7, 11) is 0. The maximum atomic E-state index is 12.6. The maximum absolute atomic E-state index is 12.6. The Morgan fingerprint density at radius 3 is 2.40 bits per heavy atom. The van der Waals surface area contributed by atoms with E-state index in [4.69, 9.17) is 4.74 Å². The van der Waals surface area contributed by atoms with Crippen molar-refractivity contribution >= 4 is 34.3 Å². The Morgan fingerprint density at radius 2 is 1.63 bits per heavy atom. The van der Waals surface area contributed by atoms with Gasteiger partial charge in [-0.15, -0.1) is 0 Å². The number of benzene rings is 3. The lowest BCUT2D eigenvalue weighted by molar-refractivity contribution is -0.115. The summed E-state index contributed by atoms with van der Waals surface area (Å²) in [5, 5.41) is 3.36. The third-order valence-electron chi connectivity index (χ3n) is 4.35. The molecule has 0 saturated heterocycles. The van der Waals surface area contributed by atoms with Gasteiger partial charge in [0.05, 0.1) is 16.2 Å². The molecule has 0 aliphatic carbocycles. The monoisotopic (exact) mass is 417 g/mol. The van der Waals surface area contributed by atoms with Crippen molar-refractivity contribution in [3.8, 4) is 11.5 Å². The molecule has 4 rings (SSSR count). The molecule has 4 aromatic rings. The number of fused-ring (bicyclic) bond motifs is 1. The van der Waals surface area contributed by atoms with Gasteiger partial charge in [-0.25, -0.2) is 4.98 Å². The first kappa shape index (κ1) is 19.7. The van der Waals surface area contributed by atoms with Gasteiger partial charge in [0.15, 0.2) is 5.16 Å². The van der Waals surface area contributed by atoms with Crippen molar-refractivity contribution in [2.24, 2.45) is 0 Å². The summed E-state index contributed by atoms with van der Waals surface area (Å²) in [4.78, 5) is 31.9. The fraction of sp³-hybridized carbons (Fsp3) is 0.0870. The Kier molecular flexibility index (Phi) is 5.81. The summed E-state index contributed by atoms with van der Waals surface area (Å²) < 4.78 is 5.75. The minimum absolute atomic E-state index is 0.187. The van der Waals surface area contributed by atoms with Crippen LogP contribution < -0.4 is 15.6 Å². The molecule has 30 heavy (non-hydrogen) atoms. The Bertz CT molecular complexity index is 1220. The average Bonchev–Trinajstić information content (AvgIpc) is 2.76. The van der Waals surface area contributed by atoms with E-state index in [0.717, 1.165) is 5.75 Å². The minimum Gasteiger partial charge on any atom is -0.457 e. The number of carbonyl (C=O) groups excluding carboxylic acids is 1. The lowest BCUT2D eigenvalue weighted by atomic mass is 10.2. The summed E-state index contributed by atoms with van der Waals surface area (Å²) >= 11 is 1.20. The van der Waals surface area contributed by atoms with E-state index in [-0.39, 0.29) is 11.5 Å². The molecule has 7 heteroatoms. The second kappa shape index (κ2) is 8.84. The number of hydrogen-bond acceptors (Lipinski definition) is 5. The van der Waals surface area contributed by atoms with Crippen LogP contribution in [0.25, 0.3) is 10.9 Å². The number of ether oxygens (including phenoxy) is 1. The zero-order valence-corrected chi connectivity index (χ0v) is 17.0. The number of H-pyrrole nitrogens is 1. The highest BCUT2D eigenvalue weighted by molar-refractivity contribution is 8.00. The zero-order valence-electron chi connectivity index (χ0n) is 16.2. The van der Waals surface area contributed by atoms with Gasteiger partial charge in [0, 0.05) is 5.69 Å². The standard InChI is InChI=1S/C23H19N3O3S/c1-15(30-23-25-20-10-6-5-9-19(20)22(28)26-23)21(27)24-16-11-13-18(14-12-16)29-17-7-3-2-4-8-17/h2-15H,1H3,(H,24,27)(H,25,26,28). The van der Waals surface area contributed by atoms with Crippen molar-refractivity contribution in [2.45, 2.75) is 17.3 Å². The number of anilines is 1. The molecular formula is C23H19N3O3S. The highest BCUT2D eigenvalue weighted by Gasteiger charge is 2.17. The Morgan fingerprint density at radius 1 is 0.967 bits per heavy atom. The van der Waals surface area contributed by atoms with Crippen LogP contribution in [0.3, 0.4) is 0 Å². The first-order chi connectivity index (χ1) is 14.6. The topological polar surface area (TPSA) is 84.1 Å². The van der Waals surface area contributed by atoms with Crippen LogP contribution in [0.1, 0.15) is 6.92 Å². The van der Waals surface area contributed by atoms with Crippen LogP contribution in [-0.2, 0) is 4.79 Å². The third-order valence-corrected chi connectivity index (χ3v) is 5.33. The van der Waals surface area contributed by atoms with Crippen molar-refractivity contribution in [1.29, 1.82) is 0 Å². The quantitative estimate of drug-likeness (QED) is 0.347. The van der Waals surface area contributed by atoms with E-state index in [1.54, 1.807) is 49.4 Å². The highest BCUT2D eigenvalue weighted by Crippen LogP contribution is 2.24. The predicted molar refractivity (Wildman–Crippen MR) is 119 cm³/mol. The molecule has 1 atom stereocenters. The van der Waals surface area contributed by atoms with Crippen LogP contribution >= 0.6 is 11.8 Å². The molecule has 0 saturated carbocycles. The summed E-state index contributed by atoms with van der Waals surface area (Å²) in [6, 6.07) is 23.7. The number of carbonyl (C=O) groups is 1. The van der Waals surface area contributed by atoms with Gasteiger partial charge in [-0.3, -0.25) is 9.59 Å². The molecule has 6 nitrogen and oxygen atoms in total. The van der Waals surface area contributed by atoms with Crippen molar-refractivity contribution < 1.29 is 9.53 Å². The normalized spacial score (nSPS) is 11.8. The first-order valence-electron chi connectivity index (χ1n) is 9.38. The maximum Gasteiger partial charge on any atom is 0.259 e. The summed E-state index contributed by atoms with van der Waals surface area (Å²) in [6.45, 7) is 1.77. The zero-order chi connectivity index (χ0) is 20.9. The summed E-state index contributed by atoms with van der Waals surface area (Å²) in [6.07, 6.45) is 0. The molecule has 0 aliphatic heterocycles. The van der Waals surface area contributed by atoms with Gasteiger partial charge in [-0.1, -0.05) is 42.1 Å². The SMILES string of the molecule is CC(Sc1nc2ccccc2c(=O)[nH]1)C(=O)Nc1ccc(Oc2ccccc2)cc1. The van der Waals surface area contributed by atoms with Crippen LogP contribution in [0.4, 0.5) is 5.69 Å². The lowest BCUT2D eigenvalue weighted by Gasteiger charge is -2.12.